The first-order chi connectivity index (χ1) is 13.5. The highest BCUT2D eigenvalue weighted by molar-refractivity contribution is 9.10. The summed E-state index contributed by atoms with van der Waals surface area (Å²) in [5.41, 5.74) is 6.97. The maximum absolute atomic E-state index is 13.7. The molecular formula is C19H12BrCl2FN4O. The summed E-state index contributed by atoms with van der Waals surface area (Å²) in [5, 5.41) is 9.62. The van der Waals surface area contributed by atoms with Gasteiger partial charge in [-0.3, -0.25) is 4.98 Å². The van der Waals surface area contributed by atoms with E-state index in [4.69, 9.17) is 33.3 Å². The number of hydrogen-bond acceptors (Lipinski definition) is 5. The van der Waals surface area contributed by atoms with Gasteiger partial charge in [0.1, 0.15) is 11.9 Å². The fourth-order valence-electron chi connectivity index (χ4n) is 2.38. The molecule has 2 N–H and O–H groups in total. The Morgan fingerprint density at radius 3 is 2.57 bits per heavy atom. The fraction of sp³-hybridized carbons (Fsp3) is 0.0526. The van der Waals surface area contributed by atoms with Crippen LogP contribution in [0, 0.1) is 17.1 Å². The second kappa shape index (κ2) is 9.32. The molecule has 2 aromatic carbocycles. The highest BCUT2D eigenvalue weighted by Crippen LogP contribution is 2.28. The molecule has 3 aromatic rings. The highest BCUT2D eigenvalue weighted by Gasteiger charge is 2.17. The minimum absolute atomic E-state index is 0.0620. The zero-order valence-corrected chi connectivity index (χ0v) is 17.2. The molecule has 1 aromatic heterocycles. The first kappa shape index (κ1) is 20.5. The number of hydrogen-bond donors (Lipinski definition) is 2. The molecule has 0 bridgehead atoms. The van der Waals surface area contributed by atoms with Crippen molar-refractivity contribution < 1.29 is 9.23 Å². The van der Waals surface area contributed by atoms with E-state index in [-0.39, 0.29) is 11.3 Å². The quantitative estimate of drug-likeness (QED) is 0.465. The second-order valence-electron chi connectivity index (χ2n) is 5.61. The van der Waals surface area contributed by atoms with E-state index >= 15 is 0 Å². The van der Waals surface area contributed by atoms with E-state index < -0.39 is 11.9 Å². The summed E-state index contributed by atoms with van der Waals surface area (Å²) in [6.45, 7) is 0. The monoisotopic (exact) mass is 480 g/mol. The van der Waals surface area contributed by atoms with E-state index in [1.54, 1.807) is 30.5 Å². The fourth-order valence-corrected chi connectivity index (χ4v) is 2.92. The summed E-state index contributed by atoms with van der Waals surface area (Å²) in [7, 11) is 0. The van der Waals surface area contributed by atoms with E-state index in [1.807, 2.05) is 12.1 Å². The summed E-state index contributed by atoms with van der Waals surface area (Å²) in [4.78, 5) is 9.72. The van der Waals surface area contributed by atoms with Crippen LogP contribution in [0.4, 0.5) is 4.39 Å². The Morgan fingerprint density at radius 1 is 1.11 bits per heavy atom. The number of hydrazine groups is 1. The van der Waals surface area contributed by atoms with E-state index in [0.29, 0.717) is 15.7 Å². The van der Waals surface area contributed by atoms with Gasteiger partial charge in [0.05, 0.1) is 27.3 Å². The molecule has 0 saturated heterocycles. The third-order valence-corrected chi connectivity index (χ3v) is 4.96. The van der Waals surface area contributed by atoms with Crippen molar-refractivity contribution in [3.8, 4) is 11.8 Å². The van der Waals surface area contributed by atoms with Gasteiger partial charge >= 0.3 is 0 Å². The summed E-state index contributed by atoms with van der Waals surface area (Å²) in [6, 6.07) is 14.1. The molecule has 1 heterocycles. The Labute approximate surface area is 179 Å². The standard InChI is InChI=1S/C19H12BrCl2FN4O/c20-13-3-6-18(25-10-13)19(11-2-5-15(21)16(22)7-11)26-27-28-14-4-1-12(9-24)17(23)8-14/h1-8,10,19,26-27H/t19-/m1/s1. The number of benzene rings is 2. The number of nitrogens with one attached hydrogen (secondary N) is 2. The van der Waals surface area contributed by atoms with Crippen LogP contribution in [0.3, 0.4) is 0 Å². The lowest BCUT2D eigenvalue weighted by atomic mass is 10.0. The molecule has 28 heavy (non-hydrogen) atoms. The SMILES string of the molecule is N#Cc1ccc(ONN[C@H](c2ccc(Cl)c(Cl)c2)c2ccc(Br)cn2)cc1F. The number of aromatic nitrogens is 1. The van der Waals surface area contributed by atoms with Crippen molar-refractivity contribution in [2.75, 3.05) is 0 Å². The van der Waals surface area contributed by atoms with Crippen LogP contribution >= 0.6 is 39.1 Å². The van der Waals surface area contributed by atoms with Crippen molar-refractivity contribution in [2.24, 2.45) is 0 Å². The molecule has 0 aliphatic carbocycles. The van der Waals surface area contributed by atoms with Crippen molar-refractivity contribution in [1.29, 1.82) is 5.26 Å². The molecule has 5 nitrogen and oxygen atoms in total. The predicted molar refractivity (Wildman–Crippen MR) is 108 cm³/mol. The smallest absolute Gasteiger partial charge is 0.152 e. The topological polar surface area (TPSA) is 70.0 Å². The Balaban J connectivity index is 1.79. The molecule has 3 rings (SSSR count). The third kappa shape index (κ3) is 4.98. The van der Waals surface area contributed by atoms with Crippen LogP contribution in [-0.2, 0) is 0 Å². The van der Waals surface area contributed by atoms with Crippen molar-refractivity contribution >= 4 is 39.1 Å². The number of rotatable bonds is 6. The molecule has 0 radical (unpaired) electrons. The molecule has 9 heteroatoms. The lowest BCUT2D eigenvalue weighted by molar-refractivity contribution is 0.137. The summed E-state index contributed by atoms with van der Waals surface area (Å²) >= 11 is 15.5. The number of nitriles is 1. The summed E-state index contributed by atoms with van der Waals surface area (Å²) in [6.07, 6.45) is 1.67. The van der Waals surface area contributed by atoms with Crippen LogP contribution in [0.25, 0.3) is 0 Å². The lowest BCUT2D eigenvalue weighted by Gasteiger charge is -2.20. The maximum Gasteiger partial charge on any atom is 0.152 e. The van der Waals surface area contributed by atoms with Gasteiger partial charge in [-0.1, -0.05) is 34.9 Å². The zero-order chi connectivity index (χ0) is 20.1. The number of pyridine rings is 1. The van der Waals surface area contributed by atoms with Gasteiger partial charge in [-0.2, -0.15) is 5.26 Å². The van der Waals surface area contributed by atoms with E-state index in [2.05, 4.69) is 31.9 Å². The van der Waals surface area contributed by atoms with Crippen LogP contribution in [0.1, 0.15) is 22.9 Å². The van der Waals surface area contributed by atoms with Crippen LogP contribution in [0.15, 0.2) is 59.2 Å². The van der Waals surface area contributed by atoms with E-state index in [0.717, 1.165) is 16.1 Å². The summed E-state index contributed by atoms with van der Waals surface area (Å²) < 4.78 is 14.5. The van der Waals surface area contributed by atoms with Crippen LogP contribution in [0.5, 0.6) is 5.75 Å². The van der Waals surface area contributed by atoms with Gasteiger partial charge in [-0.15, -0.1) is 0 Å². The second-order valence-corrected chi connectivity index (χ2v) is 7.34. The average Bonchev–Trinajstić information content (AvgIpc) is 2.69. The van der Waals surface area contributed by atoms with Crippen molar-refractivity contribution in [3.05, 3.63) is 91.9 Å². The molecule has 0 aliphatic heterocycles. The van der Waals surface area contributed by atoms with Crippen molar-refractivity contribution in [3.63, 3.8) is 0 Å². The molecular weight excluding hydrogens is 470 g/mol. The molecule has 0 aliphatic rings. The van der Waals surface area contributed by atoms with Gasteiger partial charge < -0.3 is 4.84 Å². The molecule has 0 fully saturated rings. The van der Waals surface area contributed by atoms with Gasteiger partial charge in [-0.25, -0.2) is 9.82 Å². The third-order valence-electron chi connectivity index (χ3n) is 3.76. The average molecular weight is 482 g/mol. The normalized spacial score (nSPS) is 11.7. The molecule has 0 amide bonds. The Kier molecular flexibility index (Phi) is 6.83. The molecule has 0 spiro atoms. The molecule has 142 valence electrons. The van der Waals surface area contributed by atoms with E-state index in [1.165, 1.54) is 12.1 Å². The van der Waals surface area contributed by atoms with Crippen LogP contribution in [-0.4, -0.2) is 4.98 Å². The van der Waals surface area contributed by atoms with Gasteiger partial charge in [0.2, 0.25) is 0 Å². The first-order valence-corrected chi connectivity index (χ1v) is 9.46. The Hall–Kier alpha value is -2.21. The Morgan fingerprint density at radius 2 is 1.93 bits per heavy atom. The van der Waals surface area contributed by atoms with Crippen molar-refractivity contribution in [2.45, 2.75) is 6.04 Å². The van der Waals surface area contributed by atoms with E-state index in [9.17, 15) is 4.39 Å². The van der Waals surface area contributed by atoms with Gasteiger partial charge in [0.25, 0.3) is 0 Å². The van der Waals surface area contributed by atoms with Gasteiger partial charge in [0, 0.05) is 16.7 Å². The largest absolute Gasteiger partial charge is 0.394 e. The maximum atomic E-state index is 13.7. The number of nitrogens with zero attached hydrogens (tertiary/aromatic N) is 2. The molecule has 0 unspecified atom stereocenters. The zero-order valence-electron chi connectivity index (χ0n) is 14.1. The van der Waals surface area contributed by atoms with Crippen molar-refractivity contribution in [1.82, 2.24) is 16.0 Å². The van der Waals surface area contributed by atoms with Gasteiger partial charge in [-0.05, 0) is 57.9 Å². The van der Waals surface area contributed by atoms with Gasteiger partial charge in [0.15, 0.2) is 5.75 Å². The minimum Gasteiger partial charge on any atom is -0.394 e. The first-order valence-electron chi connectivity index (χ1n) is 7.91. The van der Waals surface area contributed by atoms with Crippen LogP contribution < -0.4 is 15.9 Å². The number of halogens is 4. The highest BCUT2D eigenvalue weighted by atomic mass is 79.9. The molecule has 1 atom stereocenters. The summed E-state index contributed by atoms with van der Waals surface area (Å²) in [5.74, 6) is -0.474. The predicted octanol–water partition coefficient (Wildman–Crippen LogP) is 5.34. The lowest BCUT2D eigenvalue weighted by Crippen LogP contribution is -2.38. The Bertz CT molecular complexity index is 1030. The minimum atomic E-state index is -0.669. The molecule has 0 saturated carbocycles. The van der Waals surface area contributed by atoms with Crippen LogP contribution in [0.2, 0.25) is 10.0 Å².